The highest BCUT2D eigenvalue weighted by Gasteiger charge is 2.70. The fourth-order valence-electron chi connectivity index (χ4n) is 9.76. The van der Waals surface area contributed by atoms with Crippen LogP contribution in [0.5, 0.6) is 0 Å². The number of carbonyl (C=O) groups excluding carboxylic acids is 1. The van der Waals surface area contributed by atoms with E-state index in [2.05, 4.69) is 20.8 Å². The zero-order valence-electron chi connectivity index (χ0n) is 21.7. The molecule has 4 aliphatic carbocycles. The third kappa shape index (κ3) is 3.60. The first-order chi connectivity index (χ1) is 16.6. The van der Waals surface area contributed by atoms with Gasteiger partial charge in [-0.05, 0) is 112 Å². The molecule has 4 saturated carbocycles. The van der Waals surface area contributed by atoms with E-state index in [1.807, 2.05) is 0 Å². The van der Waals surface area contributed by atoms with Crippen molar-refractivity contribution in [3.8, 4) is 0 Å². The standard InChI is InChI=1S/C29H44O6/c1-17-5-4-6-26(34-17)35-20-9-11-27(2)19(14-20)7-8-22-23(27)15-24(30)28(3)21(10-12-29(22,28)32)18-13-25(31)33-16-18/h13,17,19-24,26,30,32H,4-12,14-16H2,1-3H3/t17-,19-,20-,21-,22?,23+,24-,26?,27+,28+,29+/m1/s1. The van der Waals surface area contributed by atoms with Gasteiger partial charge in [0.2, 0.25) is 0 Å². The Morgan fingerprint density at radius 3 is 2.60 bits per heavy atom. The van der Waals surface area contributed by atoms with Crippen molar-refractivity contribution in [2.24, 2.45) is 34.5 Å². The van der Waals surface area contributed by atoms with Crippen LogP contribution in [-0.4, -0.2) is 53.0 Å². The molecule has 2 aliphatic heterocycles. The van der Waals surface area contributed by atoms with Crippen LogP contribution in [0.25, 0.3) is 0 Å². The van der Waals surface area contributed by atoms with Gasteiger partial charge >= 0.3 is 5.97 Å². The average Bonchev–Trinajstić information content (AvgIpc) is 3.36. The quantitative estimate of drug-likeness (QED) is 0.449. The van der Waals surface area contributed by atoms with Gasteiger partial charge in [-0.15, -0.1) is 0 Å². The molecule has 0 amide bonds. The topological polar surface area (TPSA) is 85.2 Å². The lowest BCUT2D eigenvalue weighted by Crippen LogP contribution is -2.67. The van der Waals surface area contributed by atoms with Gasteiger partial charge in [-0.3, -0.25) is 0 Å². The number of hydrogen-bond donors (Lipinski definition) is 2. The van der Waals surface area contributed by atoms with Crippen molar-refractivity contribution in [2.75, 3.05) is 6.61 Å². The fraction of sp³-hybridized carbons (Fsp3) is 0.897. The number of ether oxygens (including phenoxy) is 3. The Labute approximate surface area is 209 Å². The average molecular weight is 489 g/mol. The van der Waals surface area contributed by atoms with Crippen LogP contribution < -0.4 is 0 Å². The van der Waals surface area contributed by atoms with Crippen LogP contribution in [-0.2, 0) is 19.0 Å². The van der Waals surface area contributed by atoms with Gasteiger partial charge in [-0.2, -0.15) is 0 Å². The summed E-state index contributed by atoms with van der Waals surface area (Å²) in [6, 6.07) is 0. The molecule has 35 heavy (non-hydrogen) atoms. The molecular formula is C29H44O6. The Morgan fingerprint density at radius 1 is 1.03 bits per heavy atom. The van der Waals surface area contributed by atoms with E-state index in [9.17, 15) is 15.0 Å². The van der Waals surface area contributed by atoms with E-state index in [1.165, 1.54) is 6.42 Å². The van der Waals surface area contributed by atoms with E-state index in [4.69, 9.17) is 14.2 Å². The summed E-state index contributed by atoms with van der Waals surface area (Å²) in [5, 5.41) is 24.1. The first-order valence-electron chi connectivity index (χ1n) is 14.2. The number of rotatable bonds is 3. The first-order valence-corrected chi connectivity index (χ1v) is 14.2. The van der Waals surface area contributed by atoms with Gasteiger partial charge in [0, 0.05) is 11.5 Å². The molecule has 2 heterocycles. The van der Waals surface area contributed by atoms with Crippen LogP contribution >= 0.6 is 0 Å². The molecule has 6 heteroatoms. The summed E-state index contributed by atoms with van der Waals surface area (Å²) in [7, 11) is 0. The molecule has 6 rings (SSSR count). The van der Waals surface area contributed by atoms with Crippen molar-refractivity contribution in [1.29, 1.82) is 0 Å². The Morgan fingerprint density at radius 2 is 1.86 bits per heavy atom. The highest BCUT2D eigenvalue weighted by molar-refractivity contribution is 5.85. The Bertz CT molecular complexity index is 886. The number of aliphatic hydroxyl groups is 2. The van der Waals surface area contributed by atoms with Crippen LogP contribution in [0.15, 0.2) is 11.6 Å². The molecule has 0 radical (unpaired) electrons. The van der Waals surface area contributed by atoms with Gasteiger partial charge < -0.3 is 24.4 Å². The van der Waals surface area contributed by atoms with Crippen molar-refractivity contribution < 1.29 is 29.2 Å². The monoisotopic (exact) mass is 488 g/mol. The Balaban J connectivity index is 1.21. The predicted molar refractivity (Wildman–Crippen MR) is 130 cm³/mol. The van der Waals surface area contributed by atoms with Crippen molar-refractivity contribution in [3.05, 3.63) is 11.6 Å². The van der Waals surface area contributed by atoms with E-state index in [0.29, 0.717) is 24.9 Å². The van der Waals surface area contributed by atoms with Crippen molar-refractivity contribution >= 4 is 5.97 Å². The molecular weight excluding hydrogens is 444 g/mol. The van der Waals surface area contributed by atoms with Crippen LogP contribution in [0.1, 0.15) is 91.4 Å². The Hall–Kier alpha value is -0.950. The van der Waals surface area contributed by atoms with Crippen molar-refractivity contribution in [2.45, 2.75) is 122 Å². The van der Waals surface area contributed by atoms with Crippen LogP contribution in [0.2, 0.25) is 0 Å². The molecule has 6 nitrogen and oxygen atoms in total. The number of esters is 1. The second-order valence-electron chi connectivity index (χ2n) is 13.2. The van der Waals surface area contributed by atoms with Crippen LogP contribution in [0.3, 0.4) is 0 Å². The summed E-state index contributed by atoms with van der Waals surface area (Å²) in [6.45, 7) is 6.96. The SMILES string of the molecule is C[C@@H]1CCCC(O[C@@H]2CC[C@@]3(C)[C@H](CCC4[C@@H]3C[C@@H](O)[C@]3(C)[C@@H](C5=CC(=O)OC5)CC[C@]43O)C2)O1. The molecule has 0 aromatic carbocycles. The zero-order chi connectivity index (χ0) is 24.6. The van der Waals surface area contributed by atoms with Gasteiger partial charge in [-0.25, -0.2) is 4.79 Å². The minimum atomic E-state index is -0.903. The van der Waals surface area contributed by atoms with Crippen LogP contribution in [0.4, 0.5) is 0 Å². The maximum atomic E-state index is 12.4. The molecule has 2 N–H and O–H groups in total. The van der Waals surface area contributed by atoms with E-state index < -0.39 is 17.1 Å². The van der Waals surface area contributed by atoms with E-state index in [1.54, 1.807) is 6.08 Å². The number of aliphatic hydroxyl groups excluding tert-OH is 1. The lowest BCUT2D eigenvalue weighted by Gasteiger charge is -2.65. The third-order valence-electron chi connectivity index (χ3n) is 11.8. The van der Waals surface area contributed by atoms with E-state index in [-0.39, 0.29) is 41.7 Å². The lowest BCUT2D eigenvalue weighted by molar-refractivity contribution is -0.256. The third-order valence-corrected chi connectivity index (χ3v) is 11.8. The maximum Gasteiger partial charge on any atom is 0.331 e. The summed E-state index contributed by atoms with van der Waals surface area (Å²) in [5.41, 5.74) is -0.458. The minimum Gasteiger partial charge on any atom is -0.458 e. The smallest absolute Gasteiger partial charge is 0.331 e. The molecule has 0 aromatic heterocycles. The molecule has 0 bridgehead atoms. The fourth-order valence-corrected chi connectivity index (χ4v) is 9.76. The predicted octanol–water partition coefficient (Wildman–Crippen LogP) is 4.51. The van der Waals surface area contributed by atoms with Gasteiger partial charge in [0.1, 0.15) is 6.61 Å². The molecule has 5 fully saturated rings. The number of fused-ring (bicyclic) bond motifs is 5. The molecule has 11 atom stereocenters. The maximum absolute atomic E-state index is 12.4. The second-order valence-corrected chi connectivity index (χ2v) is 13.2. The lowest BCUT2D eigenvalue weighted by atomic mass is 9.42. The normalized spacial score (nSPS) is 53.9. The summed E-state index contributed by atoms with van der Waals surface area (Å²) < 4.78 is 17.7. The van der Waals surface area contributed by atoms with Crippen molar-refractivity contribution in [3.63, 3.8) is 0 Å². The molecule has 0 aromatic rings. The number of carbonyl (C=O) groups is 1. The summed E-state index contributed by atoms with van der Waals surface area (Å²) >= 11 is 0. The molecule has 6 aliphatic rings. The second kappa shape index (κ2) is 8.54. The Kier molecular flexibility index (Phi) is 5.95. The summed E-state index contributed by atoms with van der Waals surface area (Å²) in [6.07, 6.45) is 12.4. The first kappa shape index (κ1) is 24.4. The zero-order valence-corrected chi connectivity index (χ0v) is 21.7. The van der Waals surface area contributed by atoms with Crippen molar-refractivity contribution in [1.82, 2.24) is 0 Å². The van der Waals surface area contributed by atoms with E-state index in [0.717, 1.165) is 63.4 Å². The van der Waals surface area contributed by atoms with E-state index >= 15 is 0 Å². The molecule has 2 unspecified atom stereocenters. The molecule has 0 spiro atoms. The highest BCUT2D eigenvalue weighted by atomic mass is 16.7. The molecule has 1 saturated heterocycles. The van der Waals surface area contributed by atoms with Gasteiger partial charge in [0.05, 0.1) is 23.9 Å². The molecule has 196 valence electrons. The minimum absolute atomic E-state index is 0.00227. The summed E-state index contributed by atoms with van der Waals surface area (Å²) in [4.78, 5) is 11.8. The largest absolute Gasteiger partial charge is 0.458 e. The van der Waals surface area contributed by atoms with Crippen LogP contribution in [0, 0.1) is 34.5 Å². The van der Waals surface area contributed by atoms with Gasteiger partial charge in [-0.1, -0.05) is 13.8 Å². The summed E-state index contributed by atoms with van der Waals surface area (Å²) in [5.74, 6) is 0.783. The number of hydrogen-bond acceptors (Lipinski definition) is 6. The van der Waals surface area contributed by atoms with Gasteiger partial charge in [0.25, 0.3) is 0 Å². The number of cyclic esters (lactones) is 1. The highest BCUT2D eigenvalue weighted by Crippen LogP contribution is 2.70. The van der Waals surface area contributed by atoms with Gasteiger partial charge in [0.15, 0.2) is 6.29 Å².